The van der Waals surface area contributed by atoms with Crippen molar-refractivity contribution in [2.45, 2.75) is 12.7 Å². The maximum atomic E-state index is 13.1. The third-order valence-electron chi connectivity index (χ3n) is 3.24. The van der Waals surface area contributed by atoms with Crippen molar-refractivity contribution in [1.29, 1.82) is 0 Å². The van der Waals surface area contributed by atoms with Crippen LogP contribution in [0.3, 0.4) is 0 Å². The molecule has 7 nitrogen and oxygen atoms in total. The van der Waals surface area contributed by atoms with E-state index in [9.17, 15) is 37.8 Å². The third kappa shape index (κ3) is 4.19. The van der Waals surface area contributed by atoms with Crippen molar-refractivity contribution in [3.05, 3.63) is 73.6 Å². The smallest absolute Gasteiger partial charge is 0.375 e. The Hall–Kier alpha value is -3.24. The summed E-state index contributed by atoms with van der Waals surface area (Å²) in [6.45, 7) is -0.492. The Morgan fingerprint density at radius 3 is 2.24 bits per heavy atom. The van der Waals surface area contributed by atoms with Gasteiger partial charge < -0.3 is 5.32 Å². The SMILES string of the molecule is O=[N+]([O-])c1ccc(NCc2ccc(F)cc2C(F)(F)F)c([N+](=O)[O-])c1. The summed E-state index contributed by atoms with van der Waals surface area (Å²) in [6, 6.07) is 4.75. The Morgan fingerprint density at radius 2 is 1.68 bits per heavy atom. The average Bonchev–Trinajstić information content (AvgIpc) is 2.52. The van der Waals surface area contributed by atoms with E-state index in [1.54, 1.807) is 0 Å². The molecule has 0 saturated heterocycles. The van der Waals surface area contributed by atoms with Gasteiger partial charge in [0, 0.05) is 12.6 Å². The van der Waals surface area contributed by atoms with Crippen LogP contribution in [0.5, 0.6) is 0 Å². The quantitative estimate of drug-likeness (QED) is 0.488. The van der Waals surface area contributed by atoms with Gasteiger partial charge in [0.05, 0.1) is 21.5 Å². The molecule has 0 radical (unpaired) electrons. The number of hydrogen-bond acceptors (Lipinski definition) is 5. The summed E-state index contributed by atoms with van der Waals surface area (Å²) in [5.74, 6) is -1.07. The number of nitrogens with one attached hydrogen (secondary N) is 1. The molecule has 0 bridgehead atoms. The zero-order valence-corrected chi connectivity index (χ0v) is 12.2. The highest BCUT2D eigenvalue weighted by molar-refractivity contribution is 5.65. The molecule has 0 aromatic heterocycles. The van der Waals surface area contributed by atoms with Gasteiger partial charge in [-0.15, -0.1) is 0 Å². The number of nitro benzene ring substituents is 2. The molecule has 0 saturated carbocycles. The van der Waals surface area contributed by atoms with Gasteiger partial charge in [-0.2, -0.15) is 13.2 Å². The van der Waals surface area contributed by atoms with Crippen molar-refractivity contribution in [2.75, 3.05) is 5.32 Å². The molecule has 0 aliphatic rings. The first-order valence-electron chi connectivity index (χ1n) is 6.62. The van der Waals surface area contributed by atoms with Crippen LogP contribution in [0, 0.1) is 26.0 Å². The van der Waals surface area contributed by atoms with Crippen LogP contribution in [0.1, 0.15) is 11.1 Å². The summed E-state index contributed by atoms with van der Waals surface area (Å²) in [7, 11) is 0. The molecule has 11 heteroatoms. The lowest BCUT2D eigenvalue weighted by Gasteiger charge is -2.14. The highest BCUT2D eigenvalue weighted by Crippen LogP contribution is 2.34. The van der Waals surface area contributed by atoms with Crippen molar-refractivity contribution < 1.29 is 27.4 Å². The normalized spacial score (nSPS) is 11.2. The second-order valence-electron chi connectivity index (χ2n) is 4.87. The number of anilines is 1. The average molecular weight is 359 g/mol. The number of nitro groups is 2. The minimum Gasteiger partial charge on any atom is -0.375 e. The molecule has 1 N–H and O–H groups in total. The van der Waals surface area contributed by atoms with E-state index in [0.717, 1.165) is 24.3 Å². The van der Waals surface area contributed by atoms with Crippen LogP contribution in [0.4, 0.5) is 34.6 Å². The Morgan fingerprint density at radius 1 is 1.00 bits per heavy atom. The van der Waals surface area contributed by atoms with E-state index in [2.05, 4.69) is 5.32 Å². The van der Waals surface area contributed by atoms with Gasteiger partial charge >= 0.3 is 6.18 Å². The summed E-state index contributed by atoms with van der Waals surface area (Å²) in [6.07, 6.45) is -4.81. The number of nitrogens with zero attached hydrogens (tertiary/aromatic N) is 2. The number of hydrogen-bond donors (Lipinski definition) is 1. The van der Waals surface area contributed by atoms with Crippen LogP contribution in [-0.2, 0) is 12.7 Å². The Balaban J connectivity index is 2.34. The summed E-state index contributed by atoms with van der Waals surface area (Å²) in [5.41, 5.74) is -2.95. The number of non-ortho nitro benzene ring substituents is 1. The maximum Gasteiger partial charge on any atom is 0.416 e. The Kier molecular flexibility index (Phi) is 4.86. The molecule has 0 aliphatic heterocycles. The number of halogens is 4. The lowest BCUT2D eigenvalue weighted by atomic mass is 10.1. The van der Waals surface area contributed by atoms with E-state index in [0.29, 0.717) is 12.1 Å². The summed E-state index contributed by atoms with van der Waals surface area (Å²) in [4.78, 5) is 19.9. The first kappa shape index (κ1) is 18.1. The van der Waals surface area contributed by atoms with Gasteiger partial charge in [-0.1, -0.05) is 6.07 Å². The number of rotatable bonds is 5. The largest absolute Gasteiger partial charge is 0.416 e. The molecule has 0 spiro atoms. The first-order valence-corrected chi connectivity index (χ1v) is 6.62. The zero-order chi connectivity index (χ0) is 18.8. The van der Waals surface area contributed by atoms with Crippen molar-refractivity contribution in [3.63, 3.8) is 0 Å². The van der Waals surface area contributed by atoms with Gasteiger partial charge in [-0.05, 0) is 23.8 Å². The van der Waals surface area contributed by atoms with E-state index in [1.807, 2.05) is 0 Å². The monoisotopic (exact) mass is 359 g/mol. The van der Waals surface area contributed by atoms with E-state index in [-0.39, 0.29) is 11.3 Å². The molecule has 0 fully saturated rings. The third-order valence-corrected chi connectivity index (χ3v) is 3.24. The summed E-state index contributed by atoms with van der Waals surface area (Å²) >= 11 is 0. The highest BCUT2D eigenvalue weighted by atomic mass is 19.4. The van der Waals surface area contributed by atoms with E-state index in [1.165, 1.54) is 0 Å². The lowest BCUT2D eigenvalue weighted by Crippen LogP contribution is -2.13. The van der Waals surface area contributed by atoms with Crippen LogP contribution >= 0.6 is 0 Å². The minimum absolute atomic E-state index is 0.201. The van der Waals surface area contributed by atoms with Gasteiger partial charge in [-0.25, -0.2) is 4.39 Å². The molecule has 0 aliphatic carbocycles. The molecular formula is C14H9F4N3O4. The van der Waals surface area contributed by atoms with Crippen molar-refractivity contribution >= 4 is 17.1 Å². The van der Waals surface area contributed by atoms with Gasteiger partial charge in [0.15, 0.2) is 0 Å². The Bertz CT molecular complexity index is 839. The summed E-state index contributed by atoms with van der Waals surface area (Å²) < 4.78 is 51.8. The molecule has 0 amide bonds. The van der Waals surface area contributed by atoms with Crippen LogP contribution in [0.25, 0.3) is 0 Å². The maximum absolute atomic E-state index is 13.1. The molecule has 132 valence electrons. The van der Waals surface area contributed by atoms with E-state index < -0.39 is 45.3 Å². The predicted molar refractivity (Wildman–Crippen MR) is 78.5 cm³/mol. The van der Waals surface area contributed by atoms with Crippen molar-refractivity contribution in [1.82, 2.24) is 0 Å². The number of alkyl halides is 3. The fourth-order valence-corrected chi connectivity index (χ4v) is 2.09. The summed E-state index contributed by atoms with van der Waals surface area (Å²) in [5, 5.41) is 24.1. The minimum atomic E-state index is -4.81. The second kappa shape index (κ2) is 6.71. The Labute approximate surface area is 137 Å². The molecule has 25 heavy (non-hydrogen) atoms. The zero-order valence-electron chi connectivity index (χ0n) is 12.2. The van der Waals surface area contributed by atoms with Gasteiger partial charge in [0.2, 0.25) is 0 Å². The fourth-order valence-electron chi connectivity index (χ4n) is 2.09. The van der Waals surface area contributed by atoms with Crippen LogP contribution in [0.15, 0.2) is 36.4 Å². The topological polar surface area (TPSA) is 98.3 Å². The van der Waals surface area contributed by atoms with Crippen LogP contribution in [0.2, 0.25) is 0 Å². The standard InChI is InChI=1S/C14H9F4N3O4/c15-9-2-1-8(11(5-9)14(16,17)18)7-19-12-4-3-10(20(22)23)6-13(12)21(24)25/h1-6,19H,7H2. The molecule has 2 aromatic rings. The van der Waals surface area contributed by atoms with E-state index in [4.69, 9.17) is 0 Å². The lowest BCUT2D eigenvalue weighted by molar-refractivity contribution is -0.393. The molecule has 0 atom stereocenters. The fraction of sp³-hybridized carbons (Fsp3) is 0.143. The van der Waals surface area contributed by atoms with Crippen LogP contribution in [-0.4, -0.2) is 9.85 Å². The first-order chi connectivity index (χ1) is 11.6. The van der Waals surface area contributed by atoms with Crippen molar-refractivity contribution in [3.8, 4) is 0 Å². The second-order valence-corrected chi connectivity index (χ2v) is 4.87. The number of benzene rings is 2. The highest BCUT2D eigenvalue weighted by Gasteiger charge is 2.33. The molecule has 2 rings (SSSR count). The van der Waals surface area contributed by atoms with Crippen molar-refractivity contribution in [2.24, 2.45) is 0 Å². The molecular weight excluding hydrogens is 350 g/mol. The van der Waals surface area contributed by atoms with Gasteiger partial charge in [-0.3, -0.25) is 20.2 Å². The molecule has 2 aromatic carbocycles. The molecule has 0 heterocycles. The van der Waals surface area contributed by atoms with Crippen LogP contribution < -0.4 is 5.32 Å². The van der Waals surface area contributed by atoms with Gasteiger partial charge in [0.1, 0.15) is 11.5 Å². The molecule has 0 unspecified atom stereocenters. The van der Waals surface area contributed by atoms with Gasteiger partial charge in [0.25, 0.3) is 11.4 Å². The van der Waals surface area contributed by atoms with E-state index >= 15 is 0 Å². The predicted octanol–water partition coefficient (Wildman–Crippen LogP) is 4.27.